The van der Waals surface area contributed by atoms with Gasteiger partial charge >= 0.3 is 0 Å². The molecule has 2 heterocycles. The molecule has 0 bridgehead atoms. The molecule has 1 unspecified atom stereocenters. The van der Waals surface area contributed by atoms with E-state index in [4.69, 9.17) is 0 Å². The highest BCUT2D eigenvalue weighted by Gasteiger charge is 2.21. The van der Waals surface area contributed by atoms with Crippen LogP contribution in [0.3, 0.4) is 0 Å². The van der Waals surface area contributed by atoms with Crippen LogP contribution in [0.1, 0.15) is 25.7 Å². The predicted octanol–water partition coefficient (Wildman–Crippen LogP) is 1.14. The van der Waals surface area contributed by atoms with E-state index in [-0.39, 0.29) is 5.91 Å². The Kier molecular flexibility index (Phi) is 5.72. The summed E-state index contributed by atoms with van der Waals surface area (Å²) in [7, 11) is 0. The van der Waals surface area contributed by atoms with Crippen LogP contribution in [0.5, 0.6) is 0 Å². The number of unbranched alkanes of at least 4 members (excludes halogenated alkanes) is 2. The molecular formula is C13H20N3O2S. The number of thioether (sulfide) groups is 1. The lowest BCUT2D eigenvalue weighted by molar-refractivity contribution is -0.132. The minimum Gasteiger partial charge on any atom is -0.381 e. The molecule has 0 aliphatic carbocycles. The molecule has 2 rings (SSSR count). The van der Waals surface area contributed by atoms with Gasteiger partial charge in [-0.15, -0.1) is 11.8 Å². The Labute approximate surface area is 118 Å². The Balaban J connectivity index is 1.56. The fraction of sp³-hybridized carbons (Fsp3) is 0.692. The summed E-state index contributed by atoms with van der Waals surface area (Å²) in [5.74, 6) is 1.01. The van der Waals surface area contributed by atoms with Crippen LogP contribution >= 0.6 is 11.8 Å². The van der Waals surface area contributed by atoms with Crippen molar-refractivity contribution in [2.75, 3.05) is 18.8 Å². The summed E-state index contributed by atoms with van der Waals surface area (Å²) in [5.41, 5.74) is -0.407. The number of carbonyl (C=O) groups is 1. The number of β-amino-alcohol motifs (C(OH)–C–C–N with tert-alkyl or cyclic N) is 1. The minimum absolute atomic E-state index is 0.176. The van der Waals surface area contributed by atoms with Gasteiger partial charge in [0.25, 0.3) is 0 Å². The van der Waals surface area contributed by atoms with Crippen molar-refractivity contribution < 1.29 is 9.90 Å². The molecule has 1 aliphatic heterocycles. The lowest BCUT2D eigenvalue weighted by Crippen LogP contribution is -2.41. The molecule has 19 heavy (non-hydrogen) atoms. The second kappa shape index (κ2) is 7.55. The number of carbonyl (C=O) groups excluding carboxylic acids is 1. The SMILES string of the molecule is O=C(CCCCCn1c[c]nc1)N1CCSC(O)C1. The molecule has 105 valence electrons. The van der Waals surface area contributed by atoms with Gasteiger partial charge in [0.1, 0.15) is 11.6 Å². The first-order chi connectivity index (χ1) is 9.25. The van der Waals surface area contributed by atoms with E-state index < -0.39 is 5.44 Å². The maximum Gasteiger partial charge on any atom is 0.222 e. The van der Waals surface area contributed by atoms with E-state index in [1.807, 2.05) is 10.8 Å². The van der Waals surface area contributed by atoms with Gasteiger partial charge < -0.3 is 14.6 Å². The summed E-state index contributed by atoms with van der Waals surface area (Å²) in [6.07, 6.45) is 9.95. The molecule has 1 atom stereocenters. The van der Waals surface area contributed by atoms with Crippen molar-refractivity contribution in [1.29, 1.82) is 0 Å². The quantitative estimate of drug-likeness (QED) is 0.795. The lowest BCUT2D eigenvalue weighted by atomic mass is 10.1. The third kappa shape index (κ3) is 4.87. The normalized spacial score (nSPS) is 19.6. The summed E-state index contributed by atoms with van der Waals surface area (Å²) in [5, 5.41) is 9.50. The number of imidazole rings is 1. The second-order valence-electron chi connectivity index (χ2n) is 4.72. The molecule has 1 amide bonds. The smallest absolute Gasteiger partial charge is 0.222 e. The van der Waals surface area contributed by atoms with Crippen LogP contribution in [0, 0.1) is 6.20 Å². The van der Waals surface area contributed by atoms with E-state index in [1.165, 1.54) is 11.8 Å². The van der Waals surface area contributed by atoms with E-state index in [0.717, 1.165) is 38.1 Å². The fourth-order valence-corrected chi connectivity index (χ4v) is 3.02. The van der Waals surface area contributed by atoms with Gasteiger partial charge in [0.2, 0.25) is 5.91 Å². The third-order valence-electron chi connectivity index (χ3n) is 3.21. The topological polar surface area (TPSA) is 58.4 Å². The lowest BCUT2D eigenvalue weighted by Gasteiger charge is -2.29. The highest BCUT2D eigenvalue weighted by atomic mass is 32.2. The molecule has 1 aromatic rings. The Morgan fingerprint density at radius 1 is 1.47 bits per heavy atom. The summed E-state index contributed by atoms with van der Waals surface area (Å²) in [6.45, 7) is 2.18. The van der Waals surface area contributed by atoms with Crippen molar-refractivity contribution >= 4 is 17.7 Å². The summed E-state index contributed by atoms with van der Waals surface area (Å²) >= 11 is 1.52. The van der Waals surface area contributed by atoms with E-state index in [1.54, 1.807) is 11.2 Å². The molecule has 5 nitrogen and oxygen atoms in total. The standard InChI is InChI=1S/C13H20N3O2S/c17-12(16-8-9-19-13(18)10-16)4-2-1-3-6-15-7-5-14-11-15/h7,11,13,18H,1-4,6,8-10H2. The van der Waals surface area contributed by atoms with Crippen molar-refractivity contribution in [3.63, 3.8) is 0 Å². The summed E-state index contributed by atoms with van der Waals surface area (Å²) in [6, 6.07) is 0. The summed E-state index contributed by atoms with van der Waals surface area (Å²) in [4.78, 5) is 17.6. The second-order valence-corrected chi connectivity index (χ2v) is 6.00. The van der Waals surface area contributed by atoms with Crippen molar-refractivity contribution in [3.8, 4) is 0 Å². The van der Waals surface area contributed by atoms with Gasteiger partial charge in [0.15, 0.2) is 0 Å². The van der Waals surface area contributed by atoms with Crippen molar-refractivity contribution in [1.82, 2.24) is 14.5 Å². The molecule has 1 aromatic heterocycles. The Morgan fingerprint density at radius 3 is 3.11 bits per heavy atom. The van der Waals surface area contributed by atoms with Crippen molar-refractivity contribution in [3.05, 3.63) is 18.7 Å². The average Bonchev–Trinajstić information content (AvgIpc) is 2.91. The minimum atomic E-state index is -0.407. The molecule has 0 spiro atoms. The maximum absolute atomic E-state index is 11.9. The monoisotopic (exact) mass is 282 g/mol. The van der Waals surface area contributed by atoms with Gasteiger partial charge in [-0.05, 0) is 12.8 Å². The van der Waals surface area contributed by atoms with Crippen LogP contribution < -0.4 is 0 Å². The molecule has 1 saturated heterocycles. The van der Waals surface area contributed by atoms with Crippen LogP contribution in [0.15, 0.2) is 12.5 Å². The number of hydrogen-bond donors (Lipinski definition) is 1. The number of rotatable bonds is 6. The van der Waals surface area contributed by atoms with Gasteiger partial charge in [-0.1, -0.05) is 6.42 Å². The Hall–Kier alpha value is -1.01. The highest BCUT2D eigenvalue weighted by Crippen LogP contribution is 2.17. The number of amides is 1. The largest absolute Gasteiger partial charge is 0.381 e. The van der Waals surface area contributed by atoms with E-state index >= 15 is 0 Å². The molecule has 1 aliphatic rings. The molecule has 0 saturated carbocycles. The third-order valence-corrected chi connectivity index (χ3v) is 4.16. The van der Waals surface area contributed by atoms with Crippen LogP contribution in [0.25, 0.3) is 0 Å². The van der Waals surface area contributed by atoms with Gasteiger partial charge in [0, 0.05) is 31.5 Å². The van der Waals surface area contributed by atoms with E-state index in [0.29, 0.717) is 13.0 Å². The number of hydrogen-bond acceptors (Lipinski definition) is 4. The highest BCUT2D eigenvalue weighted by molar-refractivity contribution is 7.99. The van der Waals surface area contributed by atoms with Crippen LogP contribution in [0.2, 0.25) is 0 Å². The van der Waals surface area contributed by atoms with Crippen molar-refractivity contribution in [2.45, 2.75) is 37.7 Å². The van der Waals surface area contributed by atoms with E-state index in [9.17, 15) is 9.90 Å². The van der Waals surface area contributed by atoms with E-state index in [2.05, 4.69) is 11.2 Å². The van der Waals surface area contributed by atoms with Crippen LogP contribution in [-0.2, 0) is 11.3 Å². The van der Waals surface area contributed by atoms with Crippen LogP contribution in [-0.4, -0.2) is 49.7 Å². The summed E-state index contributed by atoms with van der Waals surface area (Å²) < 4.78 is 2.00. The Morgan fingerprint density at radius 2 is 2.37 bits per heavy atom. The predicted molar refractivity (Wildman–Crippen MR) is 74.6 cm³/mol. The van der Waals surface area contributed by atoms with Gasteiger partial charge in [-0.2, -0.15) is 0 Å². The maximum atomic E-state index is 11.9. The number of nitrogens with zero attached hydrogens (tertiary/aromatic N) is 3. The average molecular weight is 282 g/mol. The number of aliphatic hydroxyl groups is 1. The Bertz CT molecular complexity index is 383. The zero-order valence-corrected chi connectivity index (χ0v) is 11.8. The van der Waals surface area contributed by atoms with Gasteiger partial charge in [0.05, 0.1) is 12.9 Å². The fourth-order valence-electron chi connectivity index (χ4n) is 2.13. The zero-order valence-electron chi connectivity index (χ0n) is 11.0. The zero-order chi connectivity index (χ0) is 13.5. The number of aryl methyl sites for hydroxylation is 1. The van der Waals surface area contributed by atoms with Gasteiger partial charge in [-0.25, -0.2) is 4.98 Å². The molecule has 1 radical (unpaired) electrons. The first-order valence-electron chi connectivity index (χ1n) is 6.71. The number of aromatic nitrogens is 2. The molecule has 6 heteroatoms. The van der Waals surface area contributed by atoms with Crippen molar-refractivity contribution in [2.24, 2.45) is 0 Å². The van der Waals surface area contributed by atoms with Crippen LogP contribution in [0.4, 0.5) is 0 Å². The molecular weight excluding hydrogens is 262 g/mol. The number of aliphatic hydroxyl groups excluding tert-OH is 1. The molecule has 1 fully saturated rings. The van der Waals surface area contributed by atoms with Gasteiger partial charge in [-0.3, -0.25) is 4.79 Å². The first kappa shape index (κ1) is 14.4. The molecule has 0 aromatic carbocycles. The molecule has 1 N–H and O–H groups in total. The first-order valence-corrected chi connectivity index (χ1v) is 7.76.